The third kappa shape index (κ3) is 4.11. The van der Waals surface area contributed by atoms with Crippen LogP contribution in [0.15, 0.2) is 46.9 Å². The fourth-order valence-electron chi connectivity index (χ4n) is 3.25. The van der Waals surface area contributed by atoms with Crippen molar-refractivity contribution in [2.24, 2.45) is 0 Å². The third-order valence-electron chi connectivity index (χ3n) is 4.85. The second kappa shape index (κ2) is 7.97. The van der Waals surface area contributed by atoms with Gasteiger partial charge >= 0.3 is 0 Å². The number of piperazine rings is 1. The number of nitrogens with zero attached hydrogens (tertiary/aromatic N) is 2. The zero-order valence-corrected chi connectivity index (χ0v) is 16.2. The number of halogens is 1. The Hall–Kier alpha value is -2.25. The summed E-state index contributed by atoms with van der Waals surface area (Å²) < 4.78 is 0.381. The molecule has 1 aliphatic rings. The van der Waals surface area contributed by atoms with E-state index in [1.54, 1.807) is 17.0 Å². The molecule has 136 valence electrons. The highest BCUT2D eigenvalue weighted by molar-refractivity contribution is 9.10. The number of nitrogens with one attached hydrogen (secondary N) is 1. The lowest BCUT2D eigenvalue weighted by molar-refractivity contribution is -0.917. The van der Waals surface area contributed by atoms with Gasteiger partial charge in [-0.15, -0.1) is 0 Å². The van der Waals surface area contributed by atoms with E-state index in [0.717, 1.165) is 19.6 Å². The van der Waals surface area contributed by atoms with E-state index >= 15 is 0 Å². The Kier molecular flexibility index (Phi) is 5.68. The standard InChI is InChI=1S/C19H20BrN3O3/c1-14-4-2-3-5-16(14)13-21-8-10-22(11-9-21)19(24)15-6-7-17(20)18(12-15)23(25)26/h2-7,12H,8-11,13H2,1H3/p+1. The minimum absolute atomic E-state index is 0.0836. The van der Waals surface area contributed by atoms with Gasteiger partial charge < -0.3 is 9.80 Å². The lowest BCUT2D eigenvalue weighted by Gasteiger charge is -2.32. The van der Waals surface area contributed by atoms with Crippen LogP contribution in [0.3, 0.4) is 0 Å². The SMILES string of the molecule is Cc1ccccc1C[NH+]1CCN(C(=O)c2ccc(Br)c([N+](=O)[O-])c2)CC1. The van der Waals surface area contributed by atoms with E-state index in [4.69, 9.17) is 0 Å². The molecular weight excluding hydrogens is 398 g/mol. The molecule has 1 heterocycles. The van der Waals surface area contributed by atoms with Gasteiger partial charge in [-0.05, 0) is 40.5 Å². The summed E-state index contributed by atoms with van der Waals surface area (Å²) in [5.74, 6) is -0.143. The predicted molar refractivity (Wildman–Crippen MR) is 102 cm³/mol. The van der Waals surface area contributed by atoms with Crippen LogP contribution >= 0.6 is 15.9 Å². The number of carbonyl (C=O) groups is 1. The van der Waals surface area contributed by atoms with Crippen molar-refractivity contribution in [3.8, 4) is 0 Å². The predicted octanol–water partition coefficient (Wildman–Crippen LogP) is 2.21. The van der Waals surface area contributed by atoms with Gasteiger partial charge in [-0.25, -0.2) is 0 Å². The molecular formula is C19H21BrN3O3+. The lowest BCUT2D eigenvalue weighted by Crippen LogP contribution is -3.13. The Morgan fingerprint density at radius 3 is 2.58 bits per heavy atom. The van der Waals surface area contributed by atoms with Crippen LogP contribution in [0.25, 0.3) is 0 Å². The van der Waals surface area contributed by atoms with Crippen LogP contribution in [0.2, 0.25) is 0 Å². The van der Waals surface area contributed by atoms with Gasteiger partial charge in [-0.2, -0.15) is 0 Å². The Balaban J connectivity index is 1.63. The van der Waals surface area contributed by atoms with E-state index in [0.29, 0.717) is 23.1 Å². The third-order valence-corrected chi connectivity index (χ3v) is 5.52. The molecule has 0 unspecified atom stereocenters. The first-order chi connectivity index (χ1) is 12.5. The summed E-state index contributed by atoms with van der Waals surface area (Å²) in [7, 11) is 0. The van der Waals surface area contributed by atoms with Crippen LogP contribution in [-0.4, -0.2) is 41.9 Å². The zero-order chi connectivity index (χ0) is 18.7. The maximum atomic E-state index is 12.7. The molecule has 1 fully saturated rings. The monoisotopic (exact) mass is 418 g/mol. The molecule has 0 bridgehead atoms. The highest BCUT2D eigenvalue weighted by Crippen LogP contribution is 2.26. The number of amides is 1. The summed E-state index contributed by atoms with van der Waals surface area (Å²) in [6.45, 7) is 6.14. The van der Waals surface area contributed by atoms with Gasteiger partial charge in [0.1, 0.15) is 6.54 Å². The molecule has 1 amide bonds. The average molecular weight is 419 g/mol. The number of rotatable bonds is 4. The molecule has 0 aromatic heterocycles. The molecule has 26 heavy (non-hydrogen) atoms. The molecule has 0 atom stereocenters. The van der Waals surface area contributed by atoms with E-state index in [2.05, 4.69) is 41.1 Å². The molecule has 0 radical (unpaired) electrons. The number of nitro groups is 1. The first kappa shape index (κ1) is 18.5. The van der Waals surface area contributed by atoms with Gasteiger partial charge in [0.25, 0.3) is 11.6 Å². The number of hydrogen-bond acceptors (Lipinski definition) is 3. The average Bonchev–Trinajstić information content (AvgIpc) is 2.64. The van der Waals surface area contributed by atoms with Crippen molar-refractivity contribution in [3.63, 3.8) is 0 Å². The van der Waals surface area contributed by atoms with Crippen LogP contribution in [0.1, 0.15) is 21.5 Å². The zero-order valence-electron chi connectivity index (χ0n) is 14.6. The number of nitro benzene ring substituents is 1. The summed E-state index contributed by atoms with van der Waals surface area (Å²) in [5, 5.41) is 11.1. The number of quaternary nitrogens is 1. The van der Waals surface area contributed by atoms with Gasteiger partial charge in [0.15, 0.2) is 0 Å². The Labute approximate surface area is 160 Å². The molecule has 1 saturated heterocycles. The van der Waals surface area contributed by atoms with Gasteiger partial charge in [0.2, 0.25) is 0 Å². The summed E-state index contributed by atoms with van der Waals surface area (Å²) in [6, 6.07) is 12.9. The van der Waals surface area contributed by atoms with Crippen molar-refractivity contribution in [1.29, 1.82) is 0 Å². The molecule has 3 rings (SSSR count). The molecule has 0 spiro atoms. The first-order valence-electron chi connectivity index (χ1n) is 8.57. The maximum absolute atomic E-state index is 12.7. The lowest BCUT2D eigenvalue weighted by atomic mass is 10.1. The van der Waals surface area contributed by atoms with Crippen molar-refractivity contribution in [1.82, 2.24) is 4.90 Å². The van der Waals surface area contributed by atoms with Crippen LogP contribution in [0, 0.1) is 17.0 Å². The molecule has 0 aliphatic carbocycles. The van der Waals surface area contributed by atoms with Crippen molar-refractivity contribution in [2.75, 3.05) is 26.2 Å². The van der Waals surface area contributed by atoms with E-state index in [1.807, 2.05) is 6.07 Å². The van der Waals surface area contributed by atoms with E-state index in [1.165, 1.54) is 22.1 Å². The van der Waals surface area contributed by atoms with Gasteiger partial charge in [0.05, 0.1) is 35.6 Å². The highest BCUT2D eigenvalue weighted by Gasteiger charge is 2.26. The van der Waals surface area contributed by atoms with Crippen molar-refractivity contribution >= 4 is 27.5 Å². The molecule has 1 aliphatic heterocycles. The van der Waals surface area contributed by atoms with Crippen LogP contribution in [-0.2, 0) is 6.54 Å². The number of aryl methyl sites for hydroxylation is 1. The molecule has 2 aromatic carbocycles. The number of carbonyl (C=O) groups excluding carboxylic acids is 1. The number of benzene rings is 2. The summed E-state index contributed by atoms with van der Waals surface area (Å²) in [4.78, 5) is 26.5. The first-order valence-corrected chi connectivity index (χ1v) is 9.36. The van der Waals surface area contributed by atoms with Crippen molar-refractivity contribution in [3.05, 3.63) is 73.7 Å². The van der Waals surface area contributed by atoms with Crippen molar-refractivity contribution in [2.45, 2.75) is 13.5 Å². The Morgan fingerprint density at radius 1 is 1.23 bits per heavy atom. The minimum atomic E-state index is -0.481. The second-order valence-corrected chi connectivity index (χ2v) is 7.42. The summed E-state index contributed by atoms with van der Waals surface area (Å²) >= 11 is 3.15. The van der Waals surface area contributed by atoms with Gasteiger partial charge in [-0.1, -0.05) is 24.3 Å². The summed E-state index contributed by atoms with van der Waals surface area (Å²) in [5.41, 5.74) is 2.91. The van der Waals surface area contributed by atoms with Crippen LogP contribution in [0.5, 0.6) is 0 Å². The minimum Gasteiger partial charge on any atom is -0.328 e. The quantitative estimate of drug-likeness (QED) is 0.611. The number of hydrogen-bond donors (Lipinski definition) is 1. The molecule has 2 aromatic rings. The largest absolute Gasteiger partial charge is 0.328 e. The second-order valence-electron chi connectivity index (χ2n) is 6.57. The van der Waals surface area contributed by atoms with Crippen molar-refractivity contribution < 1.29 is 14.6 Å². The van der Waals surface area contributed by atoms with Crippen LogP contribution in [0.4, 0.5) is 5.69 Å². The van der Waals surface area contributed by atoms with E-state index < -0.39 is 4.92 Å². The molecule has 6 nitrogen and oxygen atoms in total. The molecule has 7 heteroatoms. The van der Waals surface area contributed by atoms with Gasteiger partial charge in [-0.3, -0.25) is 14.9 Å². The maximum Gasteiger partial charge on any atom is 0.284 e. The Bertz CT molecular complexity index is 833. The Morgan fingerprint density at radius 2 is 1.92 bits per heavy atom. The fraction of sp³-hybridized carbons (Fsp3) is 0.316. The highest BCUT2D eigenvalue weighted by atomic mass is 79.9. The van der Waals surface area contributed by atoms with E-state index in [9.17, 15) is 14.9 Å². The normalized spacial score (nSPS) is 15.1. The van der Waals surface area contributed by atoms with Gasteiger partial charge in [0, 0.05) is 17.2 Å². The molecule has 0 saturated carbocycles. The summed E-state index contributed by atoms with van der Waals surface area (Å²) in [6.07, 6.45) is 0. The topological polar surface area (TPSA) is 67.9 Å². The smallest absolute Gasteiger partial charge is 0.284 e. The fourth-order valence-corrected chi connectivity index (χ4v) is 3.64. The van der Waals surface area contributed by atoms with E-state index in [-0.39, 0.29) is 11.6 Å². The van der Waals surface area contributed by atoms with Crippen LogP contribution < -0.4 is 4.90 Å². The molecule has 1 N–H and O–H groups in total.